The number of hydrogen-bond donors (Lipinski definition) is 0. The van der Waals surface area contributed by atoms with Crippen LogP contribution in [0, 0.1) is 0 Å². The van der Waals surface area contributed by atoms with Gasteiger partial charge in [-0.15, -0.1) is 0 Å². The summed E-state index contributed by atoms with van der Waals surface area (Å²) >= 11 is 0. The normalized spacial score (nSPS) is 20.8. The van der Waals surface area contributed by atoms with Gasteiger partial charge in [0.1, 0.15) is 5.69 Å². The summed E-state index contributed by atoms with van der Waals surface area (Å²) in [5, 5.41) is 4.11. The molecule has 122 valence electrons. The summed E-state index contributed by atoms with van der Waals surface area (Å²) in [5.74, 6) is 2.15. The van der Waals surface area contributed by atoms with Gasteiger partial charge in [0.2, 0.25) is 11.7 Å². The zero-order valence-electron chi connectivity index (χ0n) is 13.0. The summed E-state index contributed by atoms with van der Waals surface area (Å²) in [6.45, 7) is 0.679. The Morgan fingerprint density at radius 3 is 3.00 bits per heavy atom. The third kappa shape index (κ3) is 2.17. The lowest BCUT2D eigenvalue weighted by Crippen LogP contribution is -2.31. The minimum Gasteiger partial charge on any atom is -0.339 e. The lowest BCUT2D eigenvalue weighted by molar-refractivity contribution is 0.0723. The fraction of sp³-hybridized carbons (Fsp3) is 0.438. The number of aromatic nitrogens is 5. The van der Waals surface area contributed by atoms with Crippen molar-refractivity contribution in [2.45, 2.75) is 37.6 Å². The smallest absolute Gasteiger partial charge is 0.274 e. The van der Waals surface area contributed by atoms with Gasteiger partial charge in [0.25, 0.3) is 5.91 Å². The lowest BCUT2D eigenvalue weighted by atomic mass is 10.2. The van der Waals surface area contributed by atoms with Crippen LogP contribution in [-0.4, -0.2) is 41.9 Å². The molecule has 1 saturated carbocycles. The molecule has 1 atom stereocenters. The topological polar surface area (TPSA) is 89.4 Å². The summed E-state index contributed by atoms with van der Waals surface area (Å²) < 4.78 is 7.10. The van der Waals surface area contributed by atoms with Crippen LogP contribution in [0.1, 0.15) is 59.8 Å². The summed E-state index contributed by atoms with van der Waals surface area (Å²) in [4.78, 5) is 27.7. The SMILES string of the molecule is O=C(c1cn2cccnc2n1)N1CCCC1c1noc(C2CC2)n1. The van der Waals surface area contributed by atoms with Crippen molar-refractivity contribution in [3.63, 3.8) is 0 Å². The predicted molar refractivity (Wildman–Crippen MR) is 82.3 cm³/mol. The summed E-state index contributed by atoms with van der Waals surface area (Å²) in [7, 11) is 0. The van der Waals surface area contributed by atoms with Crippen LogP contribution in [0.15, 0.2) is 29.2 Å². The highest BCUT2D eigenvalue weighted by Gasteiger charge is 2.37. The number of imidazole rings is 1. The number of likely N-dealkylation sites (tertiary alicyclic amines) is 1. The molecule has 1 unspecified atom stereocenters. The highest BCUT2D eigenvalue weighted by molar-refractivity contribution is 5.93. The second kappa shape index (κ2) is 5.12. The first-order valence-electron chi connectivity index (χ1n) is 8.24. The van der Waals surface area contributed by atoms with Gasteiger partial charge in [0.15, 0.2) is 5.82 Å². The van der Waals surface area contributed by atoms with Gasteiger partial charge in [0.05, 0.1) is 6.04 Å². The number of carbonyl (C=O) groups is 1. The van der Waals surface area contributed by atoms with Gasteiger partial charge >= 0.3 is 0 Å². The molecule has 3 aromatic heterocycles. The average molecular weight is 324 g/mol. The van der Waals surface area contributed by atoms with Crippen LogP contribution in [0.4, 0.5) is 0 Å². The number of amides is 1. The molecule has 1 amide bonds. The van der Waals surface area contributed by atoms with Crippen molar-refractivity contribution in [1.29, 1.82) is 0 Å². The van der Waals surface area contributed by atoms with E-state index in [1.54, 1.807) is 27.8 Å². The van der Waals surface area contributed by atoms with Gasteiger partial charge in [-0.25, -0.2) is 9.97 Å². The van der Waals surface area contributed by atoms with E-state index in [0.29, 0.717) is 35.6 Å². The van der Waals surface area contributed by atoms with E-state index in [-0.39, 0.29) is 11.9 Å². The van der Waals surface area contributed by atoms with Crippen molar-refractivity contribution < 1.29 is 9.32 Å². The van der Waals surface area contributed by atoms with E-state index in [2.05, 4.69) is 20.1 Å². The molecule has 2 fully saturated rings. The third-order valence-electron chi connectivity index (χ3n) is 4.65. The highest BCUT2D eigenvalue weighted by Crippen LogP contribution is 2.40. The molecule has 0 aromatic carbocycles. The van der Waals surface area contributed by atoms with Crippen molar-refractivity contribution in [1.82, 2.24) is 29.4 Å². The number of fused-ring (bicyclic) bond motifs is 1. The van der Waals surface area contributed by atoms with Crippen LogP contribution in [0.3, 0.4) is 0 Å². The molecule has 1 saturated heterocycles. The standard InChI is InChI=1S/C16H16N6O2/c23-15(11-9-21-7-2-6-17-16(21)18-11)22-8-1-3-12(22)13-19-14(24-20-13)10-4-5-10/h2,6-7,9-10,12H,1,3-5,8H2. The first-order chi connectivity index (χ1) is 11.8. The maximum absolute atomic E-state index is 12.9. The van der Waals surface area contributed by atoms with E-state index in [4.69, 9.17) is 4.52 Å². The van der Waals surface area contributed by atoms with Gasteiger partial charge in [0, 0.05) is 31.1 Å². The van der Waals surface area contributed by atoms with Crippen molar-refractivity contribution in [3.05, 3.63) is 42.1 Å². The Kier molecular flexibility index (Phi) is 2.91. The second-order valence-corrected chi connectivity index (χ2v) is 6.37. The molecule has 8 heteroatoms. The molecule has 1 aliphatic carbocycles. The van der Waals surface area contributed by atoms with Gasteiger partial charge in [-0.3, -0.25) is 9.20 Å². The first kappa shape index (κ1) is 13.6. The molecule has 0 radical (unpaired) electrons. The second-order valence-electron chi connectivity index (χ2n) is 6.37. The Balaban J connectivity index is 1.44. The van der Waals surface area contributed by atoms with Gasteiger partial charge in [-0.05, 0) is 31.7 Å². The van der Waals surface area contributed by atoms with Gasteiger partial charge in [-0.1, -0.05) is 5.16 Å². The monoisotopic (exact) mass is 324 g/mol. The Bertz CT molecular complexity index is 879. The number of carbonyl (C=O) groups excluding carboxylic acids is 1. The molecule has 2 aliphatic rings. The van der Waals surface area contributed by atoms with Gasteiger partial charge < -0.3 is 9.42 Å². The van der Waals surface area contributed by atoms with Crippen molar-refractivity contribution in [3.8, 4) is 0 Å². The van der Waals surface area contributed by atoms with Crippen LogP contribution in [0.25, 0.3) is 5.78 Å². The molecule has 3 aromatic rings. The Morgan fingerprint density at radius 2 is 2.17 bits per heavy atom. The summed E-state index contributed by atoms with van der Waals surface area (Å²) in [6, 6.07) is 1.67. The average Bonchev–Trinajstić information content (AvgIpc) is 3.06. The third-order valence-corrected chi connectivity index (χ3v) is 4.65. The number of nitrogens with zero attached hydrogens (tertiary/aromatic N) is 6. The largest absolute Gasteiger partial charge is 0.339 e. The quantitative estimate of drug-likeness (QED) is 0.731. The van der Waals surface area contributed by atoms with E-state index in [1.807, 2.05) is 6.20 Å². The Labute approximate surface area is 137 Å². The zero-order chi connectivity index (χ0) is 16.1. The molecule has 24 heavy (non-hydrogen) atoms. The molecular formula is C16H16N6O2. The zero-order valence-corrected chi connectivity index (χ0v) is 13.0. The van der Waals surface area contributed by atoms with Crippen LogP contribution in [0.2, 0.25) is 0 Å². The maximum Gasteiger partial charge on any atom is 0.274 e. The van der Waals surface area contributed by atoms with Gasteiger partial charge in [-0.2, -0.15) is 4.98 Å². The number of hydrogen-bond acceptors (Lipinski definition) is 6. The molecule has 4 heterocycles. The molecule has 5 rings (SSSR count). The molecule has 0 spiro atoms. The molecule has 1 aliphatic heterocycles. The number of rotatable bonds is 3. The van der Waals surface area contributed by atoms with Crippen molar-refractivity contribution >= 4 is 11.7 Å². The molecule has 8 nitrogen and oxygen atoms in total. The fourth-order valence-electron chi connectivity index (χ4n) is 3.24. The molecule has 0 bridgehead atoms. The molecule has 0 N–H and O–H groups in total. The molecular weight excluding hydrogens is 308 g/mol. The fourth-order valence-corrected chi connectivity index (χ4v) is 3.24. The predicted octanol–water partition coefficient (Wildman–Crippen LogP) is 1.97. The van der Waals surface area contributed by atoms with Crippen LogP contribution in [0.5, 0.6) is 0 Å². The van der Waals surface area contributed by atoms with Crippen LogP contribution in [-0.2, 0) is 0 Å². The summed E-state index contributed by atoms with van der Waals surface area (Å²) in [5.41, 5.74) is 0.395. The van der Waals surface area contributed by atoms with Crippen molar-refractivity contribution in [2.24, 2.45) is 0 Å². The van der Waals surface area contributed by atoms with E-state index < -0.39 is 0 Å². The first-order valence-corrected chi connectivity index (χ1v) is 8.24. The maximum atomic E-state index is 12.9. The van der Waals surface area contributed by atoms with Crippen molar-refractivity contribution in [2.75, 3.05) is 6.54 Å². The minimum absolute atomic E-state index is 0.110. The lowest BCUT2D eigenvalue weighted by Gasteiger charge is -2.20. The Morgan fingerprint density at radius 1 is 1.25 bits per heavy atom. The van der Waals surface area contributed by atoms with E-state index in [0.717, 1.165) is 25.7 Å². The Hall–Kier alpha value is -2.77. The van der Waals surface area contributed by atoms with E-state index in [9.17, 15) is 4.79 Å². The van der Waals surface area contributed by atoms with E-state index in [1.165, 1.54) is 0 Å². The van der Waals surface area contributed by atoms with Crippen LogP contribution >= 0.6 is 0 Å². The van der Waals surface area contributed by atoms with Crippen LogP contribution < -0.4 is 0 Å². The minimum atomic E-state index is -0.133. The summed E-state index contributed by atoms with van der Waals surface area (Å²) in [6.07, 6.45) is 9.21. The van der Waals surface area contributed by atoms with E-state index >= 15 is 0 Å². The highest BCUT2D eigenvalue weighted by atomic mass is 16.5.